The Labute approximate surface area is 154 Å². The first-order chi connectivity index (χ1) is 12.5. The van der Waals surface area contributed by atoms with Gasteiger partial charge < -0.3 is 16.4 Å². The van der Waals surface area contributed by atoms with Crippen molar-refractivity contribution in [3.63, 3.8) is 0 Å². The number of aryl methyl sites for hydroxylation is 1. The number of rotatable bonds is 6. The van der Waals surface area contributed by atoms with Crippen molar-refractivity contribution in [1.82, 2.24) is 0 Å². The molecule has 0 spiro atoms. The molecule has 0 aliphatic heterocycles. The van der Waals surface area contributed by atoms with E-state index >= 15 is 0 Å². The van der Waals surface area contributed by atoms with Gasteiger partial charge in [-0.15, -0.1) is 0 Å². The summed E-state index contributed by atoms with van der Waals surface area (Å²) in [4.78, 5) is 21.8. The maximum atomic E-state index is 10.9. The predicted molar refractivity (Wildman–Crippen MR) is 108 cm³/mol. The first-order valence-electron chi connectivity index (χ1n) is 8.27. The number of benzene rings is 2. The van der Waals surface area contributed by atoms with Crippen LogP contribution >= 0.6 is 0 Å². The third-order valence-electron chi connectivity index (χ3n) is 3.46. The molecule has 4 N–H and O–H groups in total. The Kier molecular flexibility index (Phi) is 9.14. The quantitative estimate of drug-likeness (QED) is 0.695. The third-order valence-corrected chi connectivity index (χ3v) is 3.46. The first-order valence-corrected chi connectivity index (χ1v) is 8.27. The van der Waals surface area contributed by atoms with Crippen LogP contribution in [-0.2, 0) is 22.6 Å². The zero-order valence-electron chi connectivity index (χ0n) is 15.0. The van der Waals surface area contributed by atoms with E-state index in [4.69, 9.17) is 5.73 Å². The van der Waals surface area contributed by atoms with Gasteiger partial charge in [-0.2, -0.15) is 0 Å². The van der Waals surface area contributed by atoms with Crippen molar-refractivity contribution in [2.75, 3.05) is 10.6 Å². The summed E-state index contributed by atoms with van der Waals surface area (Å²) in [5.41, 5.74) is 9.28. The number of anilines is 2. The fraction of sp³-hybridized carbons (Fsp3) is 0.143. The molecule has 5 nitrogen and oxygen atoms in total. The van der Waals surface area contributed by atoms with Gasteiger partial charge in [-0.3, -0.25) is 9.59 Å². The molecule has 0 saturated carbocycles. The molecule has 0 aliphatic rings. The van der Waals surface area contributed by atoms with Crippen LogP contribution in [0.5, 0.6) is 0 Å². The average Bonchev–Trinajstić information content (AvgIpc) is 2.69. The Bertz CT molecular complexity index is 669. The van der Waals surface area contributed by atoms with Gasteiger partial charge in [-0.25, -0.2) is 0 Å². The second-order valence-corrected chi connectivity index (χ2v) is 5.34. The smallest absolute Gasteiger partial charge is 0.247 e. The van der Waals surface area contributed by atoms with Crippen LogP contribution in [0.1, 0.15) is 18.1 Å². The lowest BCUT2D eigenvalue weighted by Gasteiger charge is -2.02. The highest BCUT2D eigenvalue weighted by molar-refractivity contribution is 5.99. The lowest BCUT2D eigenvalue weighted by atomic mass is 10.1. The van der Waals surface area contributed by atoms with Gasteiger partial charge in [0.1, 0.15) is 0 Å². The van der Waals surface area contributed by atoms with Crippen molar-refractivity contribution >= 4 is 23.2 Å². The van der Waals surface area contributed by atoms with Crippen LogP contribution in [0.25, 0.3) is 0 Å². The van der Waals surface area contributed by atoms with E-state index in [1.165, 1.54) is 17.7 Å². The monoisotopic (exact) mass is 351 g/mol. The van der Waals surface area contributed by atoms with Crippen molar-refractivity contribution in [3.8, 4) is 0 Å². The molecular weight excluding hydrogens is 326 g/mol. The Morgan fingerprint density at radius 1 is 0.846 bits per heavy atom. The van der Waals surface area contributed by atoms with Crippen LogP contribution < -0.4 is 16.4 Å². The van der Waals surface area contributed by atoms with Crippen molar-refractivity contribution in [2.24, 2.45) is 5.73 Å². The Morgan fingerprint density at radius 3 is 1.54 bits per heavy atom. The number of nitrogens with one attached hydrogen (secondary N) is 2. The molecular formula is C21H25N3O2. The fourth-order valence-electron chi connectivity index (χ4n) is 1.93. The Hall–Kier alpha value is -3.18. The van der Waals surface area contributed by atoms with E-state index < -0.39 is 0 Å². The van der Waals surface area contributed by atoms with E-state index in [9.17, 15) is 9.59 Å². The summed E-state index contributed by atoms with van der Waals surface area (Å²) in [7, 11) is 0. The Balaban J connectivity index is 0.000000260. The second-order valence-electron chi connectivity index (χ2n) is 5.34. The largest absolute Gasteiger partial charge is 0.326 e. The molecule has 0 saturated heterocycles. The van der Waals surface area contributed by atoms with E-state index in [2.05, 4.69) is 30.7 Å². The molecule has 0 radical (unpaired) electrons. The van der Waals surface area contributed by atoms with Crippen LogP contribution in [0.3, 0.4) is 0 Å². The molecule has 0 bridgehead atoms. The van der Waals surface area contributed by atoms with Gasteiger partial charge in [0.05, 0.1) is 0 Å². The summed E-state index contributed by atoms with van der Waals surface area (Å²) in [5.74, 6) is -0.384. The highest BCUT2D eigenvalue weighted by Gasteiger charge is 1.96. The lowest BCUT2D eigenvalue weighted by molar-refractivity contribution is -0.112. The summed E-state index contributed by atoms with van der Waals surface area (Å²) in [6, 6.07) is 15.1. The number of nitrogens with two attached hydrogens (primary N) is 1. The summed E-state index contributed by atoms with van der Waals surface area (Å²) in [5, 5.41) is 5.33. The zero-order chi connectivity index (χ0) is 19.4. The topological polar surface area (TPSA) is 84.2 Å². The van der Waals surface area contributed by atoms with Crippen LogP contribution in [0.4, 0.5) is 11.4 Å². The molecule has 5 heteroatoms. The van der Waals surface area contributed by atoms with Crippen LogP contribution in [0.15, 0.2) is 73.8 Å². The minimum atomic E-state index is -0.208. The number of carbonyl (C=O) groups excluding carboxylic acids is 2. The van der Waals surface area contributed by atoms with Crippen LogP contribution in [0.2, 0.25) is 0 Å². The van der Waals surface area contributed by atoms with E-state index in [-0.39, 0.29) is 11.8 Å². The van der Waals surface area contributed by atoms with Gasteiger partial charge in [0.25, 0.3) is 0 Å². The molecule has 0 heterocycles. The molecule has 0 fully saturated rings. The number of hydrogen-bond acceptors (Lipinski definition) is 3. The maximum Gasteiger partial charge on any atom is 0.247 e. The summed E-state index contributed by atoms with van der Waals surface area (Å²) in [6.07, 6.45) is 3.50. The summed E-state index contributed by atoms with van der Waals surface area (Å²) < 4.78 is 0. The van der Waals surface area contributed by atoms with Gasteiger partial charge in [0, 0.05) is 17.9 Å². The molecule has 0 aromatic heterocycles. The van der Waals surface area contributed by atoms with Gasteiger partial charge in [-0.05, 0) is 54.0 Å². The SMILES string of the molecule is C=CC(=O)Nc1ccc(CC)cc1.C=CC(=O)Nc1ccc(CN)cc1. The lowest BCUT2D eigenvalue weighted by Crippen LogP contribution is -2.07. The van der Waals surface area contributed by atoms with E-state index in [0.717, 1.165) is 23.4 Å². The number of carbonyl (C=O) groups is 2. The minimum Gasteiger partial charge on any atom is -0.326 e. The van der Waals surface area contributed by atoms with E-state index in [1.807, 2.05) is 48.5 Å². The summed E-state index contributed by atoms with van der Waals surface area (Å²) >= 11 is 0. The van der Waals surface area contributed by atoms with Crippen molar-refractivity contribution in [1.29, 1.82) is 0 Å². The molecule has 0 unspecified atom stereocenters. The highest BCUT2D eigenvalue weighted by Crippen LogP contribution is 2.10. The van der Waals surface area contributed by atoms with Gasteiger partial charge in [0.2, 0.25) is 11.8 Å². The number of amides is 2. The van der Waals surface area contributed by atoms with Gasteiger partial charge in [-0.1, -0.05) is 44.3 Å². The second kappa shape index (κ2) is 11.4. The van der Waals surface area contributed by atoms with E-state index in [0.29, 0.717) is 6.54 Å². The van der Waals surface area contributed by atoms with Crippen LogP contribution in [0, 0.1) is 0 Å². The molecule has 0 aliphatic carbocycles. The minimum absolute atomic E-state index is 0.177. The van der Waals surface area contributed by atoms with Gasteiger partial charge >= 0.3 is 0 Å². The highest BCUT2D eigenvalue weighted by atomic mass is 16.2. The first kappa shape index (κ1) is 20.9. The molecule has 0 atom stereocenters. The average molecular weight is 351 g/mol. The standard InChI is InChI=1S/C11H13NO.C10H12N2O/c1-3-9-5-7-10(8-6-9)12-11(13)4-2;1-2-10(13)12-9-5-3-8(7-11)4-6-9/h4-8H,2-3H2,1H3,(H,12,13);2-6H,1,7,11H2,(H,12,13). The third kappa shape index (κ3) is 7.59. The molecule has 136 valence electrons. The molecule has 2 amide bonds. The van der Waals surface area contributed by atoms with Crippen molar-refractivity contribution < 1.29 is 9.59 Å². The summed E-state index contributed by atoms with van der Waals surface area (Å²) in [6.45, 7) is 9.34. The maximum absolute atomic E-state index is 10.9. The number of hydrogen-bond donors (Lipinski definition) is 3. The van der Waals surface area contributed by atoms with E-state index in [1.54, 1.807) is 0 Å². The van der Waals surface area contributed by atoms with Crippen molar-refractivity contribution in [3.05, 3.63) is 85.0 Å². The molecule has 2 aromatic carbocycles. The van der Waals surface area contributed by atoms with Crippen molar-refractivity contribution in [2.45, 2.75) is 19.9 Å². The predicted octanol–water partition coefficient (Wildman–Crippen LogP) is 3.64. The van der Waals surface area contributed by atoms with Crippen LogP contribution in [-0.4, -0.2) is 11.8 Å². The van der Waals surface area contributed by atoms with Gasteiger partial charge in [0.15, 0.2) is 0 Å². The molecule has 2 rings (SSSR count). The molecule has 2 aromatic rings. The normalized spacial score (nSPS) is 9.31. The fourth-order valence-corrected chi connectivity index (χ4v) is 1.93. The molecule has 26 heavy (non-hydrogen) atoms. The zero-order valence-corrected chi connectivity index (χ0v) is 15.0. The Morgan fingerprint density at radius 2 is 1.23 bits per heavy atom.